The molecule has 0 aliphatic carbocycles. The summed E-state index contributed by atoms with van der Waals surface area (Å²) >= 11 is 0. The zero-order valence-corrected chi connectivity index (χ0v) is 13.2. The summed E-state index contributed by atoms with van der Waals surface area (Å²) < 4.78 is 27.4. The van der Waals surface area contributed by atoms with Crippen LogP contribution in [0.15, 0.2) is 18.2 Å². The summed E-state index contributed by atoms with van der Waals surface area (Å²) in [5.74, 6) is 0.229. The second-order valence-electron chi connectivity index (χ2n) is 5.58. The van der Waals surface area contributed by atoms with E-state index in [2.05, 4.69) is 10.6 Å². The standard InChI is InChI=1S/C14H20N2O4S/c1-14(2,21(3,18)19)13(17)16-11-4-5-12-10(8-11)9-15-6-7-20-12/h4-5,8,15H,6-7,9H2,1-3H3,(H,16,17). The Bertz CT molecular complexity index is 653. The monoisotopic (exact) mass is 312 g/mol. The Morgan fingerprint density at radius 3 is 2.76 bits per heavy atom. The summed E-state index contributed by atoms with van der Waals surface area (Å²) in [6.07, 6.45) is 1.06. The summed E-state index contributed by atoms with van der Waals surface area (Å²) in [6.45, 7) is 4.80. The maximum atomic E-state index is 12.2. The van der Waals surface area contributed by atoms with Crippen molar-refractivity contribution in [1.29, 1.82) is 0 Å². The molecule has 1 amide bonds. The Morgan fingerprint density at radius 1 is 1.38 bits per heavy atom. The molecule has 116 valence electrons. The van der Waals surface area contributed by atoms with Crippen LogP contribution in [0, 0.1) is 0 Å². The molecule has 0 bridgehead atoms. The van der Waals surface area contributed by atoms with Crippen molar-refractivity contribution in [3.05, 3.63) is 23.8 Å². The van der Waals surface area contributed by atoms with Crippen LogP contribution in [0.1, 0.15) is 19.4 Å². The van der Waals surface area contributed by atoms with E-state index in [-0.39, 0.29) is 0 Å². The Balaban J connectivity index is 2.21. The first-order valence-electron chi connectivity index (χ1n) is 6.69. The van der Waals surface area contributed by atoms with Gasteiger partial charge in [-0.25, -0.2) is 8.42 Å². The normalized spacial score (nSPS) is 15.6. The highest BCUT2D eigenvalue weighted by Gasteiger charge is 2.38. The lowest BCUT2D eigenvalue weighted by Gasteiger charge is -2.21. The average Bonchev–Trinajstić information content (AvgIpc) is 2.61. The highest BCUT2D eigenvalue weighted by Crippen LogP contribution is 2.25. The Morgan fingerprint density at radius 2 is 2.10 bits per heavy atom. The molecule has 0 spiro atoms. The second kappa shape index (κ2) is 5.65. The number of sulfone groups is 1. The topological polar surface area (TPSA) is 84.5 Å². The van der Waals surface area contributed by atoms with Crippen molar-refractivity contribution in [2.75, 3.05) is 24.7 Å². The number of carbonyl (C=O) groups is 1. The number of carbonyl (C=O) groups excluding carboxylic acids is 1. The number of hydrogen-bond donors (Lipinski definition) is 2. The van der Waals surface area contributed by atoms with Gasteiger partial charge in [0.25, 0.3) is 0 Å². The largest absolute Gasteiger partial charge is 0.492 e. The number of fused-ring (bicyclic) bond motifs is 1. The molecule has 0 fully saturated rings. The molecule has 2 N–H and O–H groups in total. The van der Waals surface area contributed by atoms with E-state index in [0.717, 1.165) is 24.1 Å². The van der Waals surface area contributed by atoms with E-state index < -0.39 is 20.5 Å². The van der Waals surface area contributed by atoms with Crippen LogP contribution in [0.4, 0.5) is 5.69 Å². The number of amides is 1. The first-order chi connectivity index (χ1) is 9.72. The second-order valence-corrected chi connectivity index (χ2v) is 8.15. The number of benzene rings is 1. The summed E-state index contributed by atoms with van der Waals surface area (Å²) in [5, 5.41) is 5.86. The van der Waals surface area contributed by atoms with Gasteiger partial charge >= 0.3 is 0 Å². The van der Waals surface area contributed by atoms with Gasteiger partial charge in [0.15, 0.2) is 9.84 Å². The van der Waals surface area contributed by atoms with Crippen molar-refractivity contribution in [2.45, 2.75) is 25.1 Å². The van der Waals surface area contributed by atoms with E-state index in [1.807, 2.05) is 0 Å². The van der Waals surface area contributed by atoms with E-state index in [9.17, 15) is 13.2 Å². The van der Waals surface area contributed by atoms with Crippen LogP contribution in [-0.2, 0) is 21.2 Å². The smallest absolute Gasteiger partial charge is 0.245 e. The van der Waals surface area contributed by atoms with E-state index in [0.29, 0.717) is 18.8 Å². The van der Waals surface area contributed by atoms with E-state index in [1.165, 1.54) is 13.8 Å². The third-order valence-electron chi connectivity index (χ3n) is 3.64. The predicted molar refractivity (Wildman–Crippen MR) is 81.2 cm³/mol. The van der Waals surface area contributed by atoms with Gasteiger partial charge in [0, 0.05) is 30.6 Å². The van der Waals surface area contributed by atoms with Gasteiger partial charge in [-0.05, 0) is 32.0 Å². The Labute approximate surface area is 124 Å². The van der Waals surface area contributed by atoms with E-state index in [1.54, 1.807) is 18.2 Å². The van der Waals surface area contributed by atoms with E-state index >= 15 is 0 Å². The minimum atomic E-state index is -3.49. The van der Waals surface area contributed by atoms with Crippen molar-refractivity contribution >= 4 is 21.4 Å². The third kappa shape index (κ3) is 3.36. The molecule has 0 radical (unpaired) electrons. The maximum absolute atomic E-state index is 12.2. The SMILES string of the molecule is CC(C)(C(=O)Nc1ccc2c(c1)CNCCO2)S(C)(=O)=O. The van der Waals surface area contributed by atoms with Gasteiger partial charge in [0.05, 0.1) is 0 Å². The van der Waals surface area contributed by atoms with Crippen LogP contribution in [0.3, 0.4) is 0 Å². The zero-order chi connectivity index (χ0) is 15.7. The fraction of sp³-hybridized carbons (Fsp3) is 0.500. The number of rotatable bonds is 3. The van der Waals surface area contributed by atoms with Gasteiger partial charge in [0.1, 0.15) is 17.1 Å². The van der Waals surface area contributed by atoms with Gasteiger partial charge in [0.2, 0.25) is 5.91 Å². The molecule has 0 saturated heterocycles. The highest BCUT2D eigenvalue weighted by atomic mass is 32.2. The van der Waals surface area contributed by atoms with Crippen molar-refractivity contribution < 1.29 is 17.9 Å². The first kappa shape index (κ1) is 15.8. The van der Waals surface area contributed by atoms with Crippen LogP contribution in [0.5, 0.6) is 5.75 Å². The fourth-order valence-electron chi connectivity index (χ4n) is 1.84. The van der Waals surface area contributed by atoms with Crippen LogP contribution < -0.4 is 15.4 Å². The predicted octanol–water partition coefficient (Wildman–Crippen LogP) is 0.930. The zero-order valence-electron chi connectivity index (χ0n) is 12.4. The minimum Gasteiger partial charge on any atom is -0.492 e. The van der Waals surface area contributed by atoms with E-state index in [4.69, 9.17) is 4.74 Å². The molecule has 0 unspecified atom stereocenters. The molecule has 1 aromatic carbocycles. The third-order valence-corrected chi connectivity index (χ3v) is 5.68. The molecular weight excluding hydrogens is 292 g/mol. The highest BCUT2D eigenvalue weighted by molar-refractivity contribution is 7.92. The molecule has 7 heteroatoms. The molecule has 1 aliphatic rings. The molecule has 1 aliphatic heterocycles. The summed E-state index contributed by atoms with van der Waals surface area (Å²) in [6, 6.07) is 5.29. The minimum absolute atomic E-state index is 0.549. The van der Waals surface area contributed by atoms with Gasteiger partial charge < -0.3 is 15.4 Å². The van der Waals surface area contributed by atoms with Crippen LogP contribution in [-0.4, -0.2) is 38.5 Å². The lowest BCUT2D eigenvalue weighted by Crippen LogP contribution is -2.43. The molecule has 1 heterocycles. The van der Waals surface area contributed by atoms with Crippen molar-refractivity contribution in [3.8, 4) is 5.75 Å². The summed E-state index contributed by atoms with van der Waals surface area (Å²) in [7, 11) is -3.49. The van der Waals surface area contributed by atoms with Crippen LogP contribution >= 0.6 is 0 Å². The van der Waals surface area contributed by atoms with Gasteiger partial charge in [-0.2, -0.15) is 0 Å². The lowest BCUT2D eigenvalue weighted by atomic mass is 10.1. The lowest BCUT2D eigenvalue weighted by molar-refractivity contribution is -0.117. The van der Waals surface area contributed by atoms with Crippen LogP contribution in [0.25, 0.3) is 0 Å². The number of ether oxygens (including phenoxy) is 1. The maximum Gasteiger partial charge on any atom is 0.245 e. The van der Waals surface area contributed by atoms with Crippen LogP contribution in [0.2, 0.25) is 0 Å². The number of nitrogens with one attached hydrogen (secondary N) is 2. The van der Waals surface area contributed by atoms with Gasteiger partial charge in [-0.15, -0.1) is 0 Å². The molecule has 0 aromatic heterocycles. The molecule has 0 atom stereocenters. The molecule has 6 nitrogen and oxygen atoms in total. The average molecular weight is 312 g/mol. The molecule has 0 saturated carbocycles. The number of anilines is 1. The summed E-state index contributed by atoms with van der Waals surface area (Å²) in [4.78, 5) is 12.2. The molecular formula is C14H20N2O4S. The quantitative estimate of drug-likeness (QED) is 0.867. The number of hydrogen-bond acceptors (Lipinski definition) is 5. The molecule has 1 aromatic rings. The van der Waals surface area contributed by atoms with Crippen molar-refractivity contribution in [1.82, 2.24) is 5.32 Å². The van der Waals surface area contributed by atoms with Crippen molar-refractivity contribution in [3.63, 3.8) is 0 Å². The fourth-order valence-corrected chi connectivity index (χ4v) is 2.23. The molecule has 2 rings (SSSR count). The van der Waals surface area contributed by atoms with Gasteiger partial charge in [-0.1, -0.05) is 0 Å². The Kier molecular flexibility index (Phi) is 4.25. The first-order valence-corrected chi connectivity index (χ1v) is 8.58. The summed E-state index contributed by atoms with van der Waals surface area (Å²) in [5.41, 5.74) is 1.49. The van der Waals surface area contributed by atoms with Crippen molar-refractivity contribution in [2.24, 2.45) is 0 Å². The van der Waals surface area contributed by atoms with Gasteiger partial charge in [-0.3, -0.25) is 4.79 Å². The molecule has 21 heavy (non-hydrogen) atoms. The Hall–Kier alpha value is -1.60.